The third-order valence-corrected chi connectivity index (χ3v) is 5.42. The average molecular weight is 415 g/mol. The molecule has 1 amide bonds. The lowest BCUT2D eigenvalue weighted by atomic mass is 10.1. The fourth-order valence-electron chi connectivity index (χ4n) is 2.62. The molecule has 1 fully saturated rings. The first-order valence-corrected chi connectivity index (χ1v) is 9.38. The van der Waals surface area contributed by atoms with Crippen LogP contribution in [0, 0.1) is 0 Å². The molecule has 1 N–H and O–H groups in total. The maximum Gasteiger partial charge on any atom is 0.340 e. The third kappa shape index (κ3) is 4.12. The Kier molecular flexibility index (Phi) is 6.03. The van der Waals surface area contributed by atoms with Crippen LogP contribution in [0.1, 0.15) is 20.7 Å². The minimum Gasteiger partial charge on any atom is -0.465 e. The van der Waals surface area contributed by atoms with Crippen molar-refractivity contribution in [3.8, 4) is 0 Å². The van der Waals surface area contributed by atoms with Crippen LogP contribution in [0.2, 0.25) is 8.67 Å². The number of halogens is 2. The standard InChI is InChI=1S/C17H16Cl2N2O4S/c1-24-17(23)11-8-10(21-4-6-25-7-5-21)2-3-13(11)20-16(22)12-9-14(18)26-15(12)19/h2-3,8-9H,4-7H2,1H3,(H,20,22). The quantitative estimate of drug-likeness (QED) is 0.767. The highest BCUT2D eigenvalue weighted by Crippen LogP contribution is 2.32. The van der Waals surface area contributed by atoms with Crippen LogP contribution in [0.3, 0.4) is 0 Å². The summed E-state index contributed by atoms with van der Waals surface area (Å²) in [5.74, 6) is -0.979. The predicted molar refractivity (Wildman–Crippen MR) is 103 cm³/mol. The molecule has 0 aliphatic carbocycles. The molecule has 138 valence electrons. The molecule has 0 unspecified atom stereocenters. The lowest BCUT2D eigenvalue weighted by Crippen LogP contribution is -2.36. The number of anilines is 2. The van der Waals surface area contributed by atoms with Crippen molar-refractivity contribution in [2.45, 2.75) is 0 Å². The van der Waals surface area contributed by atoms with Gasteiger partial charge in [0.05, 0.1) is 41.5 Å². The van der Waals surface area contributed by atoms with E-state index < -0.39 is 11.9 Å². The van der Waals surface area contributed by atoms with Crippen molar-refractivity contribution in [3.63, 3.8) is 0 Å². The van der Waals surface area contributed by atoms with E-state index in [1.54, 1.807) is 12.1 Å². The molecule has 1 aromatic heterocycles. The van der Waals surface area contributed by atoms with Gasteiger partial charge in [-0.05, 0) is 24.3 Å². The van der Waals surface area contributed by atoms with Gasteiger partial charge in [0.25, 0.3) is 5.91 Å². The van der Waals surface area contributed by atoms with Crippen LogP contribution in [0.4, 0.5) is 11.4 Å². The van der Waals surface area contributed by atoms with E-state index in [1.165, 1.54) is 13.2 Å². The van der Waals surface area contributed by atoms with Crippen LogP contribution in [0.15, 0.2) is 24.3 Å². The maximum absolute atomic E-state index is 12.5. The molecule has 3 rings (SSSR count). The van der Waals surface area contributed by atoms with E-state index in [4.69, 9.17) is 32.7 Å². The summed E-state index contributed by atoms with van der Waals surface area (Å²) in [7, 11) is 1.30. The predicted octanol–water partition coefficient (Wildman–Crippen LogP) is 3.93. The van der Waals surface area contributed by atoms with Crippen LogP contribution >= 0.6 is 34.5 Å². The Hall–Kier alpha value is -1.80. The van der Waals surface area contributed by atoms with Crippen molar-refractivity contribution in [1.82, 2.24) is 0 Å². The largest absolute Gasteiger partial charge is 0.465 e. The van der Waals surface area contributed by atoms with Gasteiger partial charge in [0, 0.05) is 18.8 Å². The van der Waals surface area contributed by atoms with Gasteiger partial charge in [-0.2, -0.15) is 0 Å². The van der Waals surface area contributed by atoms with Gasteiger partial charge in [-0.1, -0.05) is 23.2 Å². The van der Waals surface area contributed by atoms with Crippen molar-refractivity contribution in [3.05, 3.63) is 44.1 Å². The molecule has 6 nitrogen and oxygen atoms in total. The van der Waals surface area contributed by atoms with E-state index in [1.807, 2.05) is 6.07 Å². The number of hydrogen-bond acceptors (Lipinski definition) is 6. The number of nitrogens with zero attached hydrogens (tertiary/aromatic N) is 1. The molecule has 0 spiro atoms. The molecule has 0 saturated carbocycles. The Labute approximate surface area is 164 Å². The number of benzene rings is 1. The van der Waals surface area contributed by atoms with Crippen molar-refractivity contribution < 1.29 is 19.1 Å². The van der Waals surface area contributed by atoms with Crippen LogP contribution in [0.5, 0.6) is 0 Å². The highest BCUT2D eigenvalue weighted by molar-refractivity contribution is 7.20. The first-order chi connectivity index (χ1) is 12.5. The number of morpholine rings is 1. The van der Waals surface area contributed by atoms with E-state index in [0.29, 0.717) is 23.2 Å². The van der Waals surface area contributed by atoms with E-state index in [0.717, 1.165) is 30.1 Å². The Morgan fingerprint density at radius 1 is 1.19 bits per heavy atom. The summed E-state index contributed by atoms with van der Waals surface area (Å²) in [5.41, 5.74) is 1.73. The Balaban J connectivity index is 1.89. The number of nitrogens with one attached hydrogen (secondary N) is 1. The number of esters is 1. The Bertz CT molecular complexity index is 834. The topological polar surface area (TPSA) is 67.9 Å². The van der Waals surface area contributed by atoms with Gasteiger partial charge < -0.3 is 19.7 Å². The van der Waals surface area contributed by atoms with Crippen molar-refractivity contribution >= 4 is 57.8 Å². The monoisotopic (exact) mass is 414 g/mol. The van der Waals surface area contributed by atoms with Gasteiger partial charge in [0.1, 0.15) is 4.34 Å². The second kappa shape index (κ2) is 8.26. The molecule has 1 saturated heterocycles. The number of ether oxygens (including phenoxy) is 2. The van der Waals surface area contributed by atoms with Crippen LogP contribution in [0.25, 0.3) is 0 Å². The number of hydrogen-bond donors (Lipinski definition) is 1. The van der Waals surface area contributed by atoms with E-state index in [2.05, 4.69) is 10.2 Å². The summed E-state index contributed by atoms with van der Waals surface area (Å²) in [5, 5.41) is 2.71. The summed E-state index contributed by atoms with van der Waals surface area (Å²) in [6.07, 6.45) is 0. The molecule has 0 atom stereocenters. The normalized spacial score (nSPS) is 14.2. The minimum atomic E-state index is -0.537. The first kappa shape index (κ1) is 19.0. The molecule has 9 heteroatoms. The molecular weight excluding hydrogens is 399 g/mol. The molecule has 2 aromatic rings. The summed E-state index contributed by atoms with van der Waals surface area (Å²) < 4.78 is 10.9. The molecule has 0 radical (unpaired) electrons. The van der Waals surface area contributed by atoms with Gasteiger partial charge >= 0.3 is 5.97 Å². The lowest BCUT2D eigenvalue weighted by molar-refractivity contribution is 0.0602. The van der Waals surface area contributed by atoms with Crippen molar-refractivity contribution in [2.75, 3.05) is 43.6 Å². The number of amides is 1. The molecule has 0 bridgehead atoms. The van der Waals surface area contributed by atoms with Gasteiger partial charge in [-0.3, -0.25) is 4.79 Å². The van der Waals surface area contributed by atoms with Crippen molar-refractivity contribution in [2.24, 2.45) is 0 Å². The van der Waals surface area contributed by atoms with Crippen molar-refractivity contribution in [1.29, 1.82) is 0 Å². The number of carbonyl (C=O) groups is 2. The van der Waals surface area contributed by atoms with E-state index >= 15 is 0 Å². The smallest absolute Gasteiger partial charge is 0.340 e. The summed E-state index contributed by atoms with van der Waals surface area (Å²) in [6.45, 7) is 2.72. The van der Waals surface area contributed by atoms with Gasteiger partial charge in [-0.25, -0.2) is 4.79 Å². The summed E-state index contributed by atoms with van der Waals surface area (Å²) in [6, 6.07) is 6.71. The van der Waals surface area contributed by atoms with Crippen LogP contribution in [-0.2, 0) is 9.47 Å². The highest BCUT2D eigenvalue weighted by atomic mass is 35.5. The SMILES string of the molecule is COC(=O)c1cc(N2CCOCC2)ccc1NC(=O)c1cc(Cl)sc1Cl. The third-order valence-electron chi connectivity index (χ3n) is 3.93. The summed E-state index contributed by atoms with van der Waals surface area (Å²) in [4.78, 5) is 26.8. The second-order valence-electron chi connectivity index (χ2n) is 5.51. The number of carbonyl (C=O) groups excluding carboxylic acids is 2. The summed E-state index contributed by atoms with van der Waals surface area (Å²) >= 11 is 13.0. The van der Waals surface area contributed by atoms with Crippen LogP contribution in [-0.4, -0.2) is 45.3 Å². The molecule has 1 aliphatic rings. The van der Waals surface area contributed by atoms with Crippen LogP contribution < -0.4 is 10.2 Å². The first-order valence-electron chi connectivity index (χ1n) is 7.81. The van der Waals surface area contributed by atoms with E-state index in [-0.39, 0.29) is 15.5 Å². The molecule has 1 aliphatic heterocycles. The number of methoxy groups -OCH3 is 1. The van der Waals surface area contributed by atoms with Gasteiger partial charge in [-0.15, -0.1) is 11.3 Å². The molecule has 26 heavy (non-hydrogen) atoms. The Morgan fingerprint density at radius 2 is 1.92 bits per heavy atom. The second-order valence-corrected chi connectivity index (χ2v) is 7.80. The zero-order valence-electron chi connectivity index (χ0n) is 13.9. The molecular formula is C17H16Cl2N2O4S. The Morgan fingerprint density at radius 3 is 2.54 bits per heavy atom. The maximum atomic E-state index is 12.5. The average Bonchev–Trinajstić information content (AvgIpc) is 3.00. The van der Waals surface area contributed by atoms with Gasteiger partial charge in [0.2, 0.25) is 0 Å². The zero-order valence-corrected chi connectivity index (χ0v) is 16.2. The molecule has 2 heterocycles. The fraction of sp³-hybridized carbons (Fsp3) is 0.294. The number of thiophene rings is 1. The number of rotatable bonds is 4. The zero-order chi connectivity index (χ0) is 18.7. The minimum absolute atomic E-state index is 0.259. The highest BCUT2D eigenvalue weighted by Gasteiger charge is 2.20. The van der Waals surface area contributed by atoms with E-state index in [9.17, 15) is 9.59 Å². The molecule has 1 aromatic carbocycles. The van der Waals surface area contributed by atoms with Gasteiger partial charge in [0.15, 0.2) is 0 Å². The lowest BCUT2D eigenvalue weighted by Gasteiger charge is -2.29. The fourth-order valence-corrected chi connectivity index (χ4v) is 4.08.